The van der Waals surface area contributed by atoms with E-state index in [0.717, 1.165) is 6.42 Å². The minimum absolute atomic E-state index is 0.187. The van der Waals surface area contributed by atoms with Crippen molar-refractivity contribution in [3.05, 3.63) is 34.9 Å². The van der Waals surface area contributed by atoms with Crippen molar-refractivity contribution in [2.45, 2.75) is 33.4 Å². The minimum Gasteiger partial charge on any atom is -0.308 e. The average molecular weight is 259 g/mol. The zero-order chi connectivity index (χ0) is 13.8. The standard InChI is InChI=1S/C14H20F3N/c1-10(8-18-9-14(15,16)17)7-13-11(2)5-4-6-12(13)3/h4-6,10,18H,7-9H2,1-3H3. The summed E-state index contributed by atoms with van der Waals surface area (Å²) in [5, 5.41) is 2.46. The average Bonchev–Trinajstić information content (AvgIpc) is 2.22. The van der Waals surface area contributed by atoms with Gasteiger partial charge in [-0.1, -0.05) is 25.1 Å². The number of hydrogen-bond donors (Lipinski definition) is 1. The van der Waals surface area contributed by atoms with Gasteiger partial charge in [-0.05, 0) is 49.4 Å². The lowest BCUT2D eigenvalue weighted by atomic mass is 9.93. The highest BCUT2D eigenvalue weighted by Gasteiger charge is 2.26. The number of alkyl halides is 3. The molecule has 1 nitrogen and oxygen atoms in total. The Morgan fingerprint density at radius 3 is 2.22 bits per heavy atom. The second kappa shape index (κ2) is 6.23. The fraction of sp³-hybridized carbons (Fsp3) is 0.571. The van der Waals surface area contributed by atoms with Gasteiger partial charge in [-0.15, -0.1) is 0 Å². The first-order valence-corrected chi connectivity index (χ1v) is 6.12. The van der Waals surface area contributed by atoms with Gasteiger partial charge in [-0.25, -0.2) is 0 Å². The summed E-state index contributed by atoms with van der Waals surface area (Å²) in [4.78, 5) is 0. The largest absolute Gasteiger partial charge is 0.401 e. The van der Waals surface area contributed by atoms with Gasteiger partial charge in [0.25, 0.3) is 0 Å². The molecule has 0 aromatic heterocycles. The number of nitrogens with one attached hydrogen (secondary N) is 1. The highest BCUT2D eigenvalue weighted by Crippen LogP contribution is 2.18. The van der Waals surface area contributed by atoms with Crippen LogP contribution in [0.25, 0.3) is 0 Å². The number of rotatable bonds is 5. The SMILES string of the molecule is Cc1cccc(C)c1CC(C)CNCC(F)(F)F. The molecule has 0 aliphatic carbocycles. The maximum Gasteiger partial charge on any atom is 0.401 e. The number of hydrogen-bond acceptors (Lipinski definition) is 1. The van der Waals surface area contributed by atoms with E-state index in [2.05, 4.69) is 5.32 Å². The summed E-state index contributed by atoms with van der Waals surface area (Å²) in [7, 11) is 0. The summed E-state index contributed by atoms with van der Waals surface area (Å²) in [6, 6.07) is 6.08. The highest BCUT2D eigenvalue weighted by molar-refractivity contribution is 5.33. The molecule has 0 fully saturated rings. The third-order valence-corrected chi connectivity index (χ3v) is 3.02. The molecule has 0 bridgehead atoms. The third-order valence-electron chi connectivity index (χ3n) is 3.02. The van der Waals surface area contributed by atoms with Gasteiger partial charge in [-0.2, -0.15) is 13.2 Å². The van der Waals surface area contributed by atoms with Crippen LogP contribution in [-0.4, -0.2) is 19.3 Å². The molecule has 0 radical (unpaired) electrons. The molecular formula is C14H20F3N. The molecule has 1 unspecified atom stereocenters. The van der Waals surface area contributed by atoms with Crippen molar-refractivity contribution in [1.29, 1.82) is 0 Å². The number of benzene rings is 1. The van der Waals surface area contributed by atoms with Gasteiger partial charge in [0.05, 0.1) is 6.54 Å². The van der Waals surface area contributed by atoms with E-state index in [9.17, 15) is 13.2 Å². The summed E-state index contributed by atoms with van der Waals surface area (Å²) in [6.07, 6.45) is -3.32. The Balaban J connectivity index is 2.47. The summed E-state index contributed by atoms with van der Waals surface area (Å²) in [6.45, 7) is 5.52. The van der Waals surface area contributed by atoms with E-state index in [4.69, 9.17) is 0 Å². The first kappa shape index (κ1) is 15.0. The lowest BCUT2D eigenvalue weighted by Crippen LogP contribution is -2.32. The van der Waals surface area contributed by atoms with Crippen LogP contribution in [0.4, 0.5) is 13.2 Å². The Hall–Kier alpha value is -1.03. The number of aryl methyl sites for hydroxylation is 2. The molecule has 1 N–H and O–H groups in total. The monoisotopic (exact) mass is 259 g/mol. The van der Waals surface area contributed by atoms with Gasteiger partial charge < -0.3 is 5.32 Å². The van der Waals surface area contributed by atoms with Gasteiger partial charge in [0.15, 0.2) is 0 Å². The van der Waals surface area contributed by atoms with Crippen LogP contribution >= 0.6 is 0 Å². The predicted molar refractivity (Wildman–Crippen MR) is 67.7 cm³/mol. The molecule has 1 aromatic rings. The molecule has 0 saturated heterocycles. The predicted octanol–water partition coefficient (Wildman–Crippen LogP) is 3.63. The van der Waals surface area contributed by atoms with Gasteiger partial charge >= 0.3 is 6.18 Å². The van der Waals surface area contributed by atoms with Crippen molar-refractivity contribution in [3.8, 4) is 0 Å². The third kappa shape index (κ3) is 5.08. The minimum atomic E-state index is -4.13. The zero-order valence-electron chi connectivity index (χ0n) is 11.1. The van der Waals surface area contributed by atoms with Crippen LogP contribution in [-0.2, 0) is 6.42 Å². The maximum absolute atomic E-state index is 12.0. The van der Waals surface area contributed by atoms with Crippen LogP contribution in [0, 0.1) is 19.8 Å². The lowest BCUT2D eigenvalue weighted by molar-refractivity contribution is -0.125. The zero-order valence-corrected chi connectivity index (χ0v) is 11.1. The van der Waals surface area contributed by atoms with Crippen LogP contribution in [0.2, 0.25) is 0 Å². The second-order valence-electron chi connectivity index (χ2n) is 4.93. The van der Waals surface area contributed by atoms with Crippen LogP contribution in [0.15, 0.2) is 18.2 Å². The van der Waals surface area contributed by atoms with Gasteiger partial charge in [-0.3, -0.25) is 0 Å². The quantitative estimate of drug-likeness (QED) is 0.851. The molecule has 4 heteroatoms. The molecule has 1 rings (SSSR count). The molecule has 0 saturated carbocycles. The van der Waals surface area contributed by atoms with E-state index >= 15 is 0 Å². The van der Waals surface area contributed by atoms with Gasteiger partial charge in [0, 0.05) is 0 Å². The van der Waals surface area contributed by atoms with Crippen LogP contribution in [0.1, 0.15) is 23.6 Å². The van der Waals surface area contributed by atoms with Crippen molar-refractivity contribution >= 4 is 0 Å². The van der Waals surface area contributed by atoms with Gasteiger partial charge in [0.2, 0.25) is 0 Å². The fourth-order valence-corrected chi connectivity index (χ4v) is 2.05. The normalized spacial score (nSPS) is 13.7. The molecule has 0 aliphatic heterocycles. The maximum atomic E-state index is 12.0. The summed E-state index contributed by atoms with van der Waals surface area (Å²) in [5.41, 5.74) is 3.66. The summed E-state index contributed by atoms with van der Waals surface area (Å²) in [5.74, 6) is 0.187. The van der Waals surface area contributed by atoms with Crippen LogP contribution in [0.5, 0.6) is 0 Å². The molecule has 18 heavy (non-hydrogen) atoms. The second-order valence-corrected chi connectivity index (χ2v) is 4.93. The molecule has 0 aliphatic rings. The van der Waals surface area contributed by atoms with E-state index in [-0.39, 0.29) is 5.92 Å². The van der Waals surface area contributed by atoms with Crippen molar-refractivity contribution < 1.29 is 13.2 Å². The molecule has 0 spiro atoms. The Morgan fingerprint density at radius 2 is 1.72 bits per heavy atom. The van der Waals surface area contributed by atoms with E-state index < -0.39 is 12.7 Å². The molecule has 0 heterocycles. The Morgan fingerprint density at radius 1 is 1.17 bits per heavy atom. The van der Waals surface area contributed by atoms with Gasteiger partial charge in [0.1, 0.15) is 0 Å². The molecule has 102 valence electrons. The topological polar surface area (TPSA) is 12.0 Å². The van der Waals surface area contributed by atoms with E-state index in [1.165, 1.54) is 16.7 Å². The van der Waals surface area contributed by atoms with Crippen molar-refractivity contribution in [2.24, 2.45) is 5.92 Å². The first-order chi connectivity index (χ1) is 8.29. The Kier molecular flexibility index (Phi) is 5.20. The smallest absolute Gasteiger partial charge is 0.308 e. The van der Waals surface area contributed by atoms with Crippen molar-refractivity contribution in [2.75, 3.05) is 13.1 Å². The van der Waals surface area contributed by atoms with Crippen molar-refractivity contribution in [3.63, 3.8) is 0 Å². The molecule has 1 aromatic carbocycles. The Labute approximate surface area is 106 Å². The van der Waals surface area contributed by atoms with Crippen LogP contribution < -0.4 is 5.32 Å². The summed E-state index contributed by atoms with van der Waals surface area (Å²) < 4.78 is 36.0. The molecule has 1 atom stereocenters. The van der Waals surface area contributed by atoms with E-state index in [1.807, 2.05) is 39.0 Å². The first-order valence-electron chi connectivity index (χ1n) is 6.12. The highest BCUT2D eigenvalue weighted by atomic mass is 19.4. The Bertz CT molecular complexity index is 365. The van der Waals surface area contributed by atoms with E-state index in [0.29, 0.717) is 6.54 Å². The summed E-state index contributed by atoms with van der Waals surface area (Å²) >= 11 is 0. The molecule has 0 amide bonds. The van der Waals surface area contributed by atoms with Crippen molar-refractivity contribution in [1.82, 2.24) is 5.32 Å². The van der Waals surface area contributed by atoms with Crippen LogP contribution in [0.3, 0.4) is 0 Å². The lowest BCUT2D eigenvalue weighted by Gasteiger charge is -2.17. The fourth-order valence-electron chi connectivity index (χ4n) is 2.05. The number of halogens is 3. The molecular weight excluding hydrogens is 239 g/mol. The van der Waals surface area contributed by atoms with E-state index in [1.54, 1.807) is 0 Å².